The minimum Gasteiger partial charge on any atom is -0.475 e. The van der Waals surface area contributed by atoms with E-state index in [0.717, 1.165) is 23.1 Å². The largest absolute Gasteiger partial charge is 0.475 e. The second-order valence-electron chi connectivity index (χ2n) is 11.2. The fourth-order valence-electron chi connectivity index (χ4n) is 5.23. The average Bonchev–Trinajstić information content (AvgIpc) is 2.96. The Hall–Kier alpha value is -4.19. The molecular weight excluding hydrogens is 582 g/mol. The van der Waals surface area contributed by atoms with Crippen LogP contribution in [0.1, 0.15) is 68.4 Å². The summed E-state index contributed by atoms with van der Waals surface area (Å²) in [5.41, 5.74) is 3.30. The monoisotopic (exact) mass is 623 g/mol. The van der Waals surface area contributed by atoms with Gasteiger partial charge in [0.2, 0.25) is 11.8 Å². The molecule has 1 aliphatic heterocycles. The van der Waals surface area contributed by atoms with Gasteiger partial charge in [-0.25, -0.2) is 32.9 Å². The molecule has 1 aliphatic rings. The van der Waals surface area contributed by atoms with Gasteiger partial charge in [-0.2, -0.15) is 4.98 Å². The van der Waals surface area contributed by atoms with Gasteiger partial charge in [0.15, 0.2) is 0 Å². The van der Waals surface area contributed by atoms with Crippen molar-refractivity contribution in [3.63, 3.8) is 0 Å². The number of benzene rings is 2. The lowest BCUT2D eigenvalue weighted by molar-refractivity contribution is -0.0462. The van der Waals surface area contributed by atoms with Gasteiger partial charge < -0.3 is 9.47 Å². The zero-order valence-electron chi connectivity index (χ0n) is 26.2. The van der Waals surface area contributed by atoms with Crippen molar-refractivity contribution in [3.8, 4) is 17.1 Å². The number of rotatable bonds is 8. The summed E-state index contributed by atoms with van der Waals surface area (Å²) in [5.74, 6) is -0.471. The number of anilines is 1. The van der Waals surface area contributed by atoms with Gasteiger partial charge in [-0.15, -0.1) is 0 Å². The van der Waals surface area contributed by atoms with Crippen LogP contribution in [-0.4, -0.2) is 66.2 Å². The Morgan fingerprint density at radius 3 is 2.48 bits per heavy atom. The second kappa shape index (κ2) is 14.1. The molecule has 0 aliphatic carbocycles. The molecule has 1 aromatic heterocycles. The van der Waals surface area contributed by atoms with Crippen LogP contribution in [0.25, 0.3) is 11.3 Å². The minimum absolute atomic E-state index is 0.0267. The van der Waals surface area contributed by atoms with Crippen LogP contribution in [0.5, 0.6) is 5.88 Å². The van der Waals surface area contributed by atoms with Crippen molar-refractivity contribution in [1.29, 1.82) is 0 Å². The molecule has 11 nitrogen and oxygen atoms in total. The average molecular weight is 624 g/mol. The van der Waals surface area contributed by atoms with Crippen molar-refractivity contribution >= 4 is 28.0 Å². The molecule has 4 bridgehead atoms. The Morgan fingerprint density at radius 2 is 1.82 bits per heavy atom. The highest BCUT2D eigenvalue weighted by Gasteiger charge is 2.36. The first-order chi connectivity index (χ1) is 20.9. The quantitative estimate of drug-likeness (QED) is 0.324. The number of fused-ring (bicyclic) bond motifs is 4. The number of hydrazine groups is 1. The molecule has 3 aromatic rings. The number of nitrogens with one attached hydrogen (secondary N) is 1. The molecule has 0 fully saturated rings. The zero-order valence-corrected chi connectivity index (χ0v) is 27.0. The molecule has 4 rings (SSSR count). The minimum atomic E-state index is -4.22. The predicted molar refractivity (Wildman–Crippen MR) is 168 cm³/mol. The van der Waals surface area contributed by atoms with Crippen molar-refractivity contribution in [2.75, 3.05) is 24.5 Å². The van der Waals surface area contributed by atoms with Crippen LogP contribution in [0.4, 0.5) is 10.7 Å². The van der Waals surface area contributed by atoms with Crippen molar-refractivity contribution in [2.45, 2.75) is 71.7 Å². The Bertz CT molecular complexity index is 1590. The second-order valence-corrected chi connectivity index (χ2v) is 12.9. The summed E-state index contributed by atoms with van der Waals surface area (Å²) in [6.07, 6.45) is 1.20. The van der Waals surface area contributed by atoms with Crippen molar-refractivity contribution < 1.29 is 27.5 Å². The summed E-state index contributed by atoms with van der Waals surface area (Å²) in [4.78, 5) is 36.4. The lowest BCUT2D eigenvalue weighted by atomic mass is 10.00. The normalized spacial score (nSPS) is 16.2. The first-order valence-electron chi connectivity index (χ1n) is 14.9. The molecule has 0 radical (unpaired) electrons. The van der Waals surface area contributed by atoms with Crippen LogP contribution >= 0.6 is 0 Å². The topological polar surface area (TPSA) is 131 Å². The Kier molecular flexibility index (Phi) is 10.5. The number of hydrogen-bond acceptors (Lipinski definition) is 8. The number of hydrogen-bond donors (Lipinski definition) is 1. The molecule has 12 heteroatoms. The smallest absolute Gasteiger partial charge is 0.428 e. The van der Waals surface area contributed by atoms with Gasteiger partial charge in [-0.3, -0.25) is 4.79 Å². The van der Waals surface area contributed by atoms with Crippen LogP contribution in [0, 0.1) is 19.8 Å². The van der Waals surface area contributed by atoms with Crippen molar-refractivity contribution in [2.24, 2.45) is 5.92 Å². The molecule has 0 saturated heterocycles. The summed E-state index contributed by atoms with van der Waals surface area (Å²) in [5, 5.41) is 2.69. The third kappa shape index (κ3) is 7.47. The number of aromatic nitrogens is 2. The highest BCUT2D eigenvalue weighted by Crippen LogP contribution is 2.30. The molecule has 1 atom stereocenters. The van der Waals surface area contributed by atoms with E-state index in [9.17, 15) is 18.0 Å². The van der Waals surface area contributed by atoms with E-state index in [1.807, 2.05) is 52.8 Å². The number of carbonyl (C=O) groups excluding carboxylic acids is 2. The number of sulfonamides is 1. The molecule has 2 heterocycles. The third-order valence-corrected chi connectivity index (χ3v) is 8.57. The van der Waals surface area contributed by atoms with Crippen molar-refractivity contribution in [1.82, 2.24) is 20.0 Å². The lowest BCUT2D eigenvalue weighted by Gasteiger charge is -2.40. The summed E-state index contributed by atoms with van der Waals surface area (Å²) in [7, 11) is -4.22. The molecule has 0 spiro atoms. The van der Waals surface area contributed by atoms with Gasteiger partial charge in [-0.05, 0) is 68.9 Å². The lowest BCUT2D eigenvalue weighted by Crippen LogP contribution is -2.57. The fourth-order valence-corrected chi connectivity index (χ4v) is 6.22. The predicted octanol–water partition coefficient (Wildman–Crippen LogP) is 5.98. The van der Waals surface area contributed by atoms with E-state index in [-0.39, 0.29) is 48.0 Å². The number of ether oxygens (including phenoxy) is 2. The summed E-state index contributed by atoms with van der Waals surface area (Å²) < 4.78 is 41.3. The number of amides is 2. The number of carbonyl (C=O) groups is 2. The van der Waals surface area contributed by atoms with E-state index in [4.69, 9.17) is 9.47 Å². The zero-order chi connectivity index (χ0) is 32.0. The molecule has 1 N–H and O–H groups in total. The van der Waals surface area contributed by atoms with Gasteiger partial charge in [-0.1, -0.05) is 51.5 Å². The van der Waals surface area contributed by atoms with Crippen LogP contribution in [0.2, 0.25) is 0 Å². The summed E-state index contributed by atoms with van der Waals surface area (Å²) >= 11 is 0. The maximum atomic E-state index is 14.3. The highest BCUT2D eigenvalue weighted by molar-refractivity contribution is 7.92. The van der Waals surface area contributed by atoms with Crippen LogP contribution in [-0.2, 0) is 14.8 Å². The van der Waals surface area contributed by atoms with Gasteiger partial charge in [0, 0.05) is 23.7 Å². The Morgan fingerprint density at radius 1 is 1.11 bits per heavy atom. The molecule has 0 saturated carbocycles. The first kappa shape index (κ1) is 32.7. The van der Waals surface area contributed by atoms with Gasteiger partial charge >= 0.3 is 6.09 Å². The van der Waals surface area contributed by atoms with E-state index in [0.29, 0.717) is 18.5 Å². The Labute approximate surface area is 259 Å². The highest BCUT2D eigenvalue weighted by atomic mass is 32.2. The molecule has 2 amide bonds. The maximum absolute atomic E-state index is 14.3. The van der Waals surface area contributed by atoms with E-state index in [2.05, 4.69) is 14.7 Å². The van der Waals surface area contributed by atoms with Gasteiger partial charge in [0.05, 0.1) is 23.2 Å². The Balaban J connectivity index is 1.94. The molecule has 2 aromatic carbocycles. The number of aryl methyl sites for hydroxylation is 2. The summed E-state index contributed by atoms with van der Waals surface area (Å²) in [6, 6.07) is 12.6. The molecule has 44 heavy (non-hydrogen) atoms. The molecule has 236 valence electrons. The first-order valence-corrected chi connectivity index (χ1v) is 16.4. The van der Waals surface area contributed by atoms with Gasteiger partial charge in [0.25, 0.3) is 15.9 Å². The van der Waals surface area contributed by atoms with E-state index >= 15 is 0 Å². The van der Waals surface area contributed by atoms with Crippen LogP contribution in [0.15, 0.2) is 53.4 Å². The van der Waals surface area contributed by atoms with Gasteiger partial charge in [0.1, 0.15) is 6.61 Å². The number of unbranched alkanes of at least 4 members (excludes halogenated alkanes) is 1. The SMILES string of the molecule is CCCCN(C(=O)OCC)N1C(=O)c2cccc(c2)S(=O)(=O)Nc2nc(cc(-c3c(C)cccc3C)n2)OC[C@H]1CC(C)C. The third-order valence-electron chi connectivity index (χ3n) is 7.24. The fraction of sp³-hybridized carbons (Fsp3) is 0.438. The standard InChI is InChI=1S/C32H41N5O6S/c1-7-9-16-36(32(39)42-8-2)37-25(17-21(3)4)20-43-28-19-27(29-22(5)12-10-13-23(29)6)33-31(34-28)35-44(40,41)26-15-11-14-24(18-26)30(37)38/h10-15,18-19,21,25H,7-9,16-17,20H2,1-6H3,(H,33,34,35)/t25-/m1/s1. The maximum Gasteiger partial charge on any atom is 0.428 e. The van der Waals surface area contributed by atoms with Crippen molar-refractivity contribution in [3.05, 3.63) is 65.2 Å². The summed E-state index contributed by atoms with van der Waals surface area (Å²) in [6.45, 7) is 11.9. The van der Waals surface area contributed by atoms with E-state index in [1.165, 1.54) is 34.3 Å². The molecular formula is C32H41N5O6S. The van der Waals surface area contributed by atoms with E-state index < -0.39 is 28.1 Å². The van der Waals surface area contributed by atoms with Crippen LogP contribution in [0.3, 0.4) is 0 Å². The molecule has 0 unspecified atom stereocenters. The number of nitrogens with zero attached hydrogens (tertiary/aromatic N) is 4. The van der Waals surface area contributed by atoms with Crippen LogP contribution < -0.4 is 9.46 Å². The van der Waals surface area contributed by atoms with E-state index in [1.54, 1.807) is 13.0 Å².